The molecule has 7 nitrogen and oxygen atoms in total. The number of nitrogens with one attached hydrogen (secondary N) is 1. The summed E-state index contributed by atoms with van der Waals surface area (Å²) in [6, 6.07) is 0. The largest absolute Gasteiger partial charge is 0.481 e. The highest BCUT2D eigenvalue weighted by Crippen LogP contribution is 2.05. The van der Waals surface area contributed by atoms with Crippen LogP contribution in [0.5, 0.6) is 0 Å². The number of aryl methyl sites for hydroxylation is 2. The highest BCUT2D eigenvalue weighted by Gasteiger charge is 2.17. The number of aliphatic carboxylic acids is 1. The molecule has 0 unspecified atom stereocenters. The van der Waals surface area contributed by atoms with E-state index in [2.05, 4.69) is 10.4 Å². The molecule has 0 fully saturated rings. The van der Waals surface area contributed by atoms with Crippen LogP contribution in [0.15, 0.2) is 4.79 Å². The number of hydrogen-bond donors (Lipinski definition) is 2. The smallest absolute Gasteiger partial charge is 0.305 e. The standard InChI is InChI=1S/C11H15N3O4/c1-6-7(2)13-14(3)11(18)9(6)10(17)12-5-4-8(15)16/h4-5H2,1-3H3,(H,12,17)(H,15,16). The number of nitrogens with zero attached hydrogens (tertiary/aromatic N) is 2. The maximum atomic E-state index is 11.8. The lowest BCUT2D eigenvalue weighted by Gasteiger charge is -2.09. The molecule has 0 bridgehead atoms. The average molecular weight is 253 g/mol. The van der Waals surface area contributed by atoms with E-state index in [4.69, 9.17) is 5.11 Å². The van der Waals surface area contributed by atoms with E-state index in [1.54, 1.807) is 13.8 Å². The topological polar surface area (TPSA) is 101 Å². The third-order valence-electron chi connectivity index (χ3n) is 2.58. The molecule has 1 aromatic heterocycles. The minimum atomic E-state index is -1.01. The summed E-state index contributed by atoms with van der Waals surface area (Å²) in [5.74, 6) is -1.58. The molecule has 0 aliphatic carbocycles. The predicted molar refractivity (Wildman–Crippen MR) is 63.5 cm³/mol. The van der Waals surface area contributed by atoms with Crippen LogP contribution >= 0.6 is 0 Å². The molecule has 0 spiro atoms. The van der Waals surface area contributed by atoms with Crippen LogP contribution < -0.4 is 10.9 Å². The predicted octanol–water partition coefficient (Wildman–Crippen LogP) is -0.398. The number of amides is 1. The van der Waals surface area contributed by atoms with Gasteiger partial charge in [-0.2, -0.15) is 5.10 Å². The summed E-state index contributed by atoms with van der Waals surface area (Å²) in [5.41, 5.74) is 0.604. The number of carboxylic acid groups (broad SMARTS) is 1. The van der Waals surface area contributed by atoms with Crippen molar-refractivity contribution in [1.29, 1.82) is 0 Å². The van der Waals surface area contributed by atoms with Gasteiger partial charge in [0.15, 0.2) is 0 Å². The van der Waals surface area contributed by atoms with Crippen molar-refractivity contribution >= 4 is 11.9 Å². The Morgan fingerprint density at radius 2 is 2.00 bits per heavy atom. The number of carbonyl (C=O) groups is 2. The van der Waals surface area contributed by atoms with Gasteiger partial charge >= 0.3 is 5.97 Å². The monoisotopic (exact) mass is 253 g/mol. The first kappa shape index (κ1) is 13.9. The van der Waals surface area contributed by atoms with Gasteiger partial charge in [0.2, 0.25) is 0 Å². The maximum Gasteiger partial charge on any atom is 0.305 e. The second-order valence-electron chi connectivity index (χ2n) is 3.91. The van der Waals surface area contributed by atoms with E-state index in [1.165, 1.54) is 7.05 Å². The Balaban J connectivity index is 2.99. The Bertz CT molecular complexity index is 548. The first-order valence-corrected chi connectivity index (χ1v) is 5.39. The summed E-state index contributed by atoms with van der Waals surface area (Å²) in [5, 5.41) is 14.8. The third-order valence-corrected chi connectivity index (χ3v) is 2.58. The van der Waals surface area contributed by atoms with Crippen molar-refractivity contribution in [1.82, 2.24) is 15.1 Å². The Kier molecular flexibility index (Phi) is 4.19. The molecular weight excluding hydrogens is 238 g/mol. The van der Waals surface area contributed by atoms with Crippen LogP contribution in [0.1, 0.15) is 28.0 Å². The van der Waals surface area contributed by atoms with Crippen molar-refractivity contribution in [3.63, 3.8) is 0 Å². The maximum absolute atomic E-state index is 11.8. The molecule has 0 saturated heterocycles. The Hall–Kier alpha value is -2.18. The number of aromatic nitrogens is 2. The van der Waals surface area contributed by atoms with Crippen molar-refractivity contribution in [2.24, 2.45) is 7.05 Å². The number of hydrogen-bond acceptors (Lipinski definition) is 4. The van der Waals surface area contributed by atoms with Gasteiger partial charge in [0.1, 0.15) is 5.56 Å². The van der Waals surface area contributed by atoms with Gasteiger partial charge in [0, 0.05) is 13.6 Å². The first-order valence-electron chi connectivity index (χ1n) is 5.39. The molecule has 7 heteroatoms. The molecule has 1 heterocycles. The van der Waals surface area contributed by atoms with Gasteiger partial charge < -0.3 is 10.4 Å². The van der Waals surface area contributed by atoms with E-state index in [-0.39, 0.29) is 18.5 Å². The summed E-state index contributed by atoms with van der Waals surface area (Å²) in [7, 11) is 1.46. The molecule has 98 valence electrons. The highest BCUT2D eigenvalue weighted by atomic mass is 16.4. The van der Waals surface area contributed by atoms with Gasteiger partial charge in [-0.3, -0.25) is 14.4 Å². The van der Waals surface area contributed by atoms with Crippen LogP contribution in [0.2, 0.25) is 0 Å². The lowest BCUT2D eigenvalue weighted by Crippen LogP contribution is -2.35. The quantitative estimate of drug-likeness (QED) is 0.760. The number of carbonyl (C=O) groups excluding carboxylic acids is 1. The second kappa shape index (κ2) is 5.44. The molecule has 0 aromatic carbocycles. The van der Waals surface area contributed by atoms with Gasteiger partial charge in [-0.25, -0.2) is 4.68 Å². The Labute approximate surface area is 103 Å². The molecule has 1 amide bonds. The zero-order valence-electron chi connectivity index (χ0n) is 10.5. The molecule has 2 N–H and O–H groups in total. The van der Waals surface area contributed by atoms with Crippen LogP contribution in [0.25, 0.3) is 0 Å². The SMILES string of the molecule is Cc1nn(C)c(=O)c(C(=O)NCCC(=O)O)c1C. The normalized spacial score (nSPS) is 10.2. The van der Waals surface area contributed by atoms with Crippen molar-refractivity contribution in [3.8, 4) is 0 Å². The van der Waals surface area contributed by atoms with Crippen LogP contribution in [0.3, 0.4) is 0 Å². The van der Waals surface area contributed by atoms with E-state index in [1.807, 2.05) is 0 Å². The Morgan fingerprint density at radius 3 is 2.56 bits per heavy atom. The Morgan fingerprint density at radius 1 is 1.39 bits per heavy atom. The first-order chi connectivity index (χ1) is 8.34. The minimum Gasteiger partial charge on any atom is -0.481 e. The average Bonchev–Trinajstić information content (AvgIpc) is 2.26. The van der Waals surface area contributed by atoms with Crippen molar-refractivity contribution in [3.05, 3.63) is 27.2 Å². The molecule has 0 atom stereocenters. The van der Waals surface area contributed by atoms with Gasteiger partial charge in [-0.1, -0.05) is 0 Å². The molecule has 1 rings (SSSR count). The van der Waals surface area contributed by atoms with Crippen LogP contribution in [0.4, 0.5) is 0 Å². The molecule has 0 aliphatic rings. The van der Waals surface area contributed by atoms with E-state index in [9.17, 15) is 14.4 Å². The molecule has 0 radical (unpaired) electrons. The summed E-state index contributed by atoms with van der Waals surface area (Å²) in [6.07, 6.45) is -0.185. The number of carboxylic acids is 1. The van der Waals surface area contributed by atoms with Crippen LogP contribution in [0, 0.1) is 13.8 Å². The van der Waals surface area contributed by atoms with E-state index in [0.717, 1.165) is 4.68 Å². The van der Waals surface area contributed by atoms with Crippen LogP contribution in [-0.2, 0) is 11.8 Å². The number of rotatable bonds is 4. The van der Waals surface area contributed by atoms with Gasteiger partial charge in [0.25, 0.3) is 11.5 Å². The summed E-state index contributed by atoms with van der Waals surface area (Å²) >= 11 is 0. The molecule has 1 aromatic rings. The lowest BCUT2D eigenvalue weighted by molar-refractivity contribution is -0.136. The zero-order chi connectivity index (χ0) is 13.9. The van der Waals surface area contributed by atoms with Gasteiger partial charge in [-0.05, 0) is 19.4 Å². The molecule has 0 aliphatic heterocycles. The molecule has 0 saturated carbocycles. The summed E-state index contributed by atoms with van der Waals surface area (Å²) in [6.45, 7) is 3.32. The minimum absolute atomic E-state index is 0.00962. The van der Waals surface area contributed by atoms with E-state index in [0.29, 0.717) is 11.3 Å². The van der Waals surface area contributed by atoms with Gasteiger partial charge in [-0.15, -0.1) is 0 Å². The zero-order valence-corrected chi connectivity index (χ0v) is 10.5. The molecule has 18 heavy (non-hydrogen) atoms. The van der Waals surface area contributed by atoms with Crippen molar-refractivity contribution < 1.29 is 14.7 Å². The molecular formula is C11H15N3O4. The summed E-state index contributed by atoms with van der Waals surface area (Å²) < 4.78 is 1.09. The highest BCUT2D eigenvalue weighted by molar-refractivity contribution is 5.95. The van der Waals surface area contributed by atoms with Crippen molar-refractivity contribution in [2.75, 3.05) is 6.54 Å². The van der Waals surface area contributed by atoms with E-state index < -0.39 is 17.4 Å². The van der Waals surface area contributed by atoms with Gasteiger partial charge in [0.05, 0.1) is 12.1 Å². The van der Waals surface area contributed by atoms with Crippen molar-refractivity contribution in [2.45, 2.75) is 20.3 Å². The fraction of sp³-hybridized carbons (Fsp3) is 0.455. The fourth-order valence-corrected chi connectivity index (χ4v) is 1.49. The van der Waals surface area contributed by atoms with Crippen LogP contribution in [-0.4, -0.2) is 33.3 Å². The fourth-order valence-electron chi connectivity index (χ4n) is 1.49. The third kappa shape index (κ3) is 2.93. The second-order valence-corrected chi connectivity index (χ2v) is 3.91. The van der Waals surface area contributed by atoms with E-state index >= 15 is 0 Å². The summed E-state index contributed by atoms with van der Waals surface area (Å²) in [4.78, 5) is 34.0. The lowest BCUT2D eigenvalue weighted by atomic mass is 10.1.